The lowest BCUT2D eigenvalue weighted by Gasteiger charge is -2.65. The number of nitrogens with zero attached hydrogens (tertiary/aromatic N) is 4. The van der Waals surface area contributed by atoms with Gasteiger partial charge in [0.05, 0.1) is 27.4 Å². The SMILES string of the molecule is CC1(C)[C@H](Oc2ccc(C#N)c(Cl)c2)C(C)(C)[C@H]1N1Cc2cc(C#CC3CC4(CCN(c5cc6c(cc5F)C(=O)N(C5CCC(=O)NC5=O)C6=O)C4)C3)ccc2C1=O. The van der Waals surface area contributed by atoms with Crippen LogP contribution in [0.1, 0.15) is 108 Å². The van der Waals surface area contributed by atoms with Crippen molar-refractivity contribution < 1.29 is 33.1 Å². The molecular formula is C45H41ClFN5O6. The number of ether oxygens (including phenoxy) is 1. The van der Waals surface area contributed by atoms with Crippen molar-refractivity contribution in [2.24, 2.45) is 22.2 Å². The fourth-order valence-corrected chi connectivity index (χ4v) is 11.3. The number of rotatable bonds is 5. The molecule has 1 atom stereocenters. The highest BCUT2D eigenvalue weighted by Crippen LogP contribution is 2.59. The molecule has 9 rings (SSSR count). The van der Waals surface area contributed by atoms with Gasteiger partial charge in [-0.25, -0.2) is 4.39 Å². The number of benzene rings is 3. The Morgan fingerprint density at radius 2 is 1.64 bits per heavy atom. The Hall–Kier alpha value is -5.72. The summed E-state index contributed by atoms with van der Waals surface area (Å²) >= 11 is 6.28. The van der Waals surface area contributed by atoms with Crippen LogP contribution in [-0.4, -0.2) is 70.6 Å². The summed E-state index contributed by atoms with van der Waals surface area (Å²) in [6.45, 7) is 10.1. The zero-order valence-electron chi connectivity index (χ0n) is 32.6. The molecule has 0 radical (unpaired) electrons. The smallest absolute Gasteiger partial charge is 0.262 e. The molecule has 1 unspecified atom stereocenters. The van der Waals surface area contributed by atoms with Gasteiger partial charge in [0, 0.05) is 66.0 Å². The average molecular weight is 802 g/mol. The van der Waals surface area contributed by atoms with Gasteiger partial charge in [0.2, 0.25) is 11.8 Å². The van der Waals surface area contributed by atoms with Crippen molar-refractivity contribution >= 4 is 46.8 Å². The van der Waals surface area contributed by atoms with Crippen molar-refractivity contribution in [2.45, 2.75) is 84.5 Å². The molecule has 296 valence electrons. The number of amides is 5. The van der Waals surface area contributed by atoms with Crippen LogP contribution in [0.25, 0.3) is 0 Å². The van der Waals surface area contributed by atoms with Crippen molar-refractivity contribution in [2.75, 3.05) is 18.0 Å². The van der Waals surface area contributed by atoms with Gasteiger partial charge in [0.15, 0.2) is 0 Å². The molecule has 58 heavy (non-hydrogen) atoms. The summed E-state index contributed by atoms with van der Waals surface area (Å²) < 4.78 is 22.0. The first kappa shape index (κ1) is 37.8. The van der Waals surface area contributed by atoms with Crippen molar-refractivity contribution in [3.8, 4) is 23.7 Å². The number of anilines is 1. The fourth-order valence-electron chi connectivity index (χ4n) is 11.1. The molecule has 4 fully saturated rings. The van der Waals surface area contributed by atoms with Gasteiger partial charge in [-0.1, -0.05) is 51.1 Å². The maximum atomic E-state index is 15.6. The van der Waals surface area contributed by atoms with Crippen molar-refractivity contribution in [1.29, 1.82) is 5.26 Å². The summed E-state index contributed by atoms with van der Waals surface area (Å²) in [6.07, 6.45) is 2.38. The highest BCUT2D eigenvalue weighted by Gasteiger charge is 2.67. The Bertz CT molecular complexity index is 2480. The fraction of sp³-hybridized carbons (Fsp3) is 0.422. The van der Waals surface area contributed by atoms with E-state index in [0.29, 0.717) is 41.5 Å². The molecule has 0 bridgehead atoms. The van der Waals surface area contributed by atoms with Gasteiger partial charge in [0.1, 0.15) is 29.8 Å². The van der Waals surface area contributed by atoms with Gasteiger partial charge in [-0.3, -0.25) is 34.2 Å². The zero-order chi connectivity index (χ0) is 41.1. The molecule has 1 N–H and O–H groups in total. The number of piperidine rings is 1. The Morgan fingerprint density at radius 1 is 0.914 bits per heavy atom. The standard InChI is InChI=1S/C45H41ClFN5O6/c1-43(2)41(44(3,4)42(43)58-28-9-8-26(21-48)32(46)16-28)51-22-27-15-24(7-10-29(27)38(51)55)5-6-25-19-45(20-25)13-14-50(23-45)35-18-31-30(17-33(35)47)39(56)52(40(31)57)34-11-12-36(53)49-37(34)54/h7-10,15-18,25,34,41-42H,11-14,19-20,22-23H2,1-4H3,(H,49,53,54)/t25?,34?,41-,42-,45?. The van der Waals surface area contributed by atoms with E-state index < -0.39 is 35.5 Å². The summed E-state index contributed by atoms with van der Waals surface area (Å²) in [5.41, 5.74) is 2.32. The number of carbonyl (C=O) groups is 5. The molecule has 3 aromatic carbocycles. The first-order chi connectivity index (χ1) is 27.5. The van der Waals surface area contributed by atoms with Gasteiger partial charge in [-0.05, 0) is 79.1 Å². The molecular weight excluding hydrogens is 761 g/mol. The van der Waals surface area contributed by atoms with E-state index >= 15 is 4.39 Å². The molecule has 4 heterocycles. The van der Waals surface area contributed by atoms with Crippen molar-refractivity contribution in [1.82, 2.24) is 15.1 Å². The maximum Gasteiger partial charge on any atom is 0.262 e. The number of fused-ring (bicyclic) bond motifs is 2. The number of carbonyl (C=O) groups excluding carboxylic acids is 5. The van der Waals surface area contributed by atoms with E-state index in [-0.39, 0.29) is 69.9 Å². The van der Waals surface area contributed by atoms with E-state index in [1.807, 2.05) is 28.0 Å². The third kappa shape index (κ3) is 5.79. The molecule has 2 saturated heterocycles. The minimum absolute atomic E-state index is 0.00494. The van der Waals surface area contributed by atoms with Crippen LogP contribution in [0.3, 0.4) is 0 Å². The van der Waals surface area contributed by atoms with E-state index in [0.717, 1.165) is 41.4 Å². The molecule has 2 saturated carbocycles. The highest BCUT2D eigenvalue weighted by atomic mass is 35.5. The first-order valence-electron chi connectivity index (χ1n) is 19.6. The summed E-state index contributed by atoms with van der Waals surface area (Å²) in [7, 11) is 0. The van der Waals surface area contributed by atoms with Gasteiger partial charge in [0.25, 0.3) is 17.7 Å². The summed E-state index contributed by atoms with van der Waals surface area (Å²) in [5.74, 6) is 4.37. The van der Waals surface area contributed by atoms with Gasteiger partial charge < -0.3 is 14.5 Å². The predicted octanol–water partition coefficient (Wildman–Crippen LogP) is 6.25. The van der Waals surface area contributed by atoms with Crippen LogP contribution in [0.2, 0.25) is 5.02 Å². The van der Waals surface area contributed by atoms with Crippen LogP contribution in [0.15, 0.2) is 48.5 Å². The Balaban J connectivity index is 0.832. The predicted molar refractivity (Wildman–Crippen MR) is 210 cm³/mol. The second-order valence-corrected chi connectivity index (χ2v) is 18.4. The topological polar surface area (TPSA) is 140 Å². The summed E-state index contributed by atoms with van der Waals surface area (Å²) in [5, 5.41) is 11.8. The third-order valence-corrected chi connectivity index (χ3v) is 13.7. The number of hydrogen-bond donors (Lipinski definition) is 1. The van der Waals surface area contributed by atoms with Gasteiger partial charge in [-0.15, -0.1) is 0 Å². The summed E-state index contributed by atoms with van der Waals surface area (Å²) in [6, 6.07) is 14.2. The van der Waals surface area contributed by atoms with Crippen LogP contribution in [-0.2, 0) is 16.1 Å². The number of halogens is 2. The van der Waals surface area contributed by atoms with Crippen LogP contribution in [0.5, 0.6) is 5.75 Å². The minimum Gasteiger partial charge on any atom is -0.489 e. The Labute approximate surface area is 340 Å². The first-order valence-corrected chi connectivity index (χ1v) is 20.0. The number of nitrogens with one attached hydrogen (secondary N) is 1. The number of nitriles is 1. The van der Waals surface area contributed by atoms with E-state index in [4.69, 9.17) is 16.3 Å². The lowest BCUT2D eigenvalue weighted by atomic mass is 9.49. The molecule has 11 nitrogen and oxygen atoms in total. The molecule has 1 spiro atoms. The van der Waals surface area contributed by atoms with Gasteiger partial charge in [-0.2, -0.15) is 5.26 Å². The molecule has 6 aliphatic rings. The minimum atomic E-state index is -1.11. The molecule has 5 amide bonds. The summed E-state index contributed by atoms with van der Waals surface area (Å²) in [4.78, 5) is 69.2. The van der Waals surface area contributed by atoms with E-state index in [9.17, 15) is 29.2 Å². The largest absolute Gasteiger partial charge is 0.489 e. The second kappa shape index (κ2) is 13.2. The van der Waals surface area contributed by atoms with Crippen LogP contribution in [0, 0.1) is 51.2 Å². The monoisotopic (exact) mass is 801 g/mol. The average Bonchev–Trinajstić information content (AvgIpc) is 3.80. The van der Waals surface area contributed by atoms with Crippen molar-refractivity contribution in [3.63, 3.8) is 0 Å². The Kier molecular flexibility index (Phi) is 8.58. The number of imide groups is 2. The zero-order valence-corrected chi connectivity index (χ0v) is 33.3. The van der Waals surface area contributed by atoms with Crippen LogP contribution in [0.4, 0.5) is 10.1 Å². The highest BCUT2D eigenvalue weighted by molar-refractivity contribution is 6.31. The van der Waals surface area contributed by atoms with E-state index in [2.05, 4.69) is 50.9 Å². The molecule has 13 heteroatoms. The normalized spacial score (nSPS) is 25.1. The quantitative estimate of drug-likeness (QED) is 0.236. The van der Waals surface area contributed by atoms with Crippen LogP contribution < -0.4 is 15.0 Å². The van der Waals surface area contributed by atoms with Crippen molar-refractivity contribution in [3.05, 3.63) is 92.8 Å². The van der Waals surface area contributed by atoms with E-state index in [1.54, 1.807) is 18.2 Å². The van der Waals surface area contributed by atoms with E-state index in [1.165, 1.54) is 6.07 Å². The molecule has 3 aromatic rings. The maximum absolute atomic E-state index is 15.6. The lowest BCUT2D eigenvalue weighted by molar-refractivity contribution is -0.199. The number of hydrogen-bond acceptors (Lipinski definition) is 8. The molecule has 0 aromatic heterocycles. The lowest BCUT2D eigenvalue weighted by Crippen LogP contribution is -2.74. The molecule has 2 aliphatic carbocycles. The second-order valence-electron chi connectivity index (χ2n) is 17.9. The molecule has 4 aliphatic heterocycles. The Morgan fingerprint density at radius 3 is 2.33 bits per heavy atom. The third-order valence-electron chi connectivity index (χ3n) is 13.4. The van der Waals surface area contributed by atoms with Crippen LogP contribution >= 0.6 is 11.6 Å². The van der Waals surface area contributed by atoms with Gasteiger partial charge >= 0.3 is 0 Å².